The molecular weight excluding hydrogens is 653 g/mol. The fourth-order valence-corrected chi connectivity index (χ4v) is 6.96. The molecule has 1 atom stereocenters. The fourth-order valence-electron chi connectivity index (χ4n) is 6.96. The Balaban J connectivity index is 1.72. The second-order valence-corrected chi connectivity index (χ2v) is 13.8. The number of likely N-dealkylation sites (tertiary alicyclic amines) is 1. The number of piperidine rings is 1. The van der Waals surface area contributed by atoms with Crippen molar-refractivity contribution in [3.05, 3.63) is 58.8 Å². The molecule has 0 bridgehead atoms. The maximum absolute atomic E-state index is 14.4. The SMILES string of the molecule is [2H]C([2H])(c1c(OC)cc(C)c2c1ccn2C(=O)OC(C)(C)C)N1CCC2(CC1c1ccc(C(=O)OC)cc1N(C)C(=O)C(F)(F)F)CC(F)(F)C2. The summed E-state index contributed by atoms with van der Waals surface area (Å²) in [6.07, 6.45) is -5.56. The van der Waals surface area contributed by atoms with Crippen LogP contribution >= 0.6 is 0 Å². The molecule has 1 saturated heterocycles. The van der Waals surface area contributed by atoms with Crippen LogP contribution in [0.3, 0.4) is 0 Å². The van der Waals surface area contributed by atoms with Crippen LogP contribution < -0.4 is 9.64 Å². The van der Waals surface area contributed by atoms with Crippen molar-refractivity contribution >= 4 is 34.6 Å². The molecule has 0 radical (unpaired) electrons. The van der Waals surface area contributed by atoms with Crippen molar-refractivity contribution in [3.8, 4) is 5.75 Å². The number of ether oxygens (including phenoxy) is 3. The number of alkyl halides is 5. The maximum atomic E-state index is 14.4. The van der Waals surface area contributed by atoms with E-state index in [9.17, 15) is 39.1 Å². The Hall–Kier alpha value is -4.20. The molecule has 1 spiro atoms. The highest BCUT2D eigenvalue weighted by Gasteiger charge is 2.58. The first kappa shape index (κ1) is 33.3. The second kappa shape index (κ2) is 12.6. The van der Waals surface area contributed by atoms with Crippen molar-refractivity contribution in [2.75, 3.05) is 32.7 Å². The minimum absolute atomic E-state index is 0.00886. The molecule has 3 aromatic rings. The zero-order chi connectivity index (χ0) is 38.1. The van der Waals surface area contributed by atoms with Gasteiger partial charge in [-0.15, -0.1) is 0 Å². The third-order valence-electron chi connectivity index (χ3n) is 9.06. The molecule has 0 N–H and O–H groups in total. The Morgan fingerprint density at radius 3 is 2.33 bits per heavy atom. The number of hydrogen-bond donors (Lipinski definition) is 0. The first-order valence-electron chi connectivity index (χ1n) is 16.6. The molecule has 49 heavy (non-hydrogen) atoms. The van der Waals surface area contributed by atoms with Gasteiger partial charge < -0.3 is 19.1 Å². The van der Waals surface area contributed by atoms with E-state index in [1.807, 2.05) is 0 Å². The van der Waals surface area contributed by atoms with E-state index in [2.05, 4.69) is 0 Å². The van der Waals surface area contributed by atoms with Crippen LogP contribution in [0.15, 0.2) is 36.5 Å². The summed E-state index contributed by atoms with van der Waals surface area (Å²) in [6.45, 7) is 4.17. The van der Waals surface area contributed by atoms with E-state index >= 15 is 0 Å². The largest absolute Gasteiger partial charge is 0.496 e. The van der Waals surface area contributed by atoms with E-state index in [0.29, 0.717) is 16.0 Å². The Bertz CT molecular complexity index is 1880. The van der Waals surface area contributed by atoms with E-state index in [4.69, 9.17) is 14.2 Å². The first-order chi connectivity index (χ1) is 23.4. The average Bonchev–Trinajstić information content (AvgIpc) is 3.46. The van der Waals surface area contributed by atoms with Gasteiger partial charge in [-0.3, -0.25) is 14.3 Å². The molecule has 2 fully saturated rings. The van der Waals surface area contributed by atoms with Gasteiger partial charge in [-0.1, -0.05) is 6.07 Å². The maximum Gasteiger partial charge on any atom is 0.471 e. The van der Waals surface area contributed by atoms with Crippen LogP contribution in [0, 0.1) is 12.3 Å². The molecule has 266 valence electrons. The summed E-state index contributed by atoms with van der Waals surface area (Å²) in [5.41, 5.74) is -1.50. The van der Waals surface area contributed by atoms with Crippen molar-refractivity contribution in [1.29, 1.82) is 0 Å². The summed E-state index contributed by atoms with van der Waals surface area (Å²) in [6, 6.07) is 5.51. The third kappa shape index (κ3) is 7.10. The van der Waals surface area contributed by atoms with Crippen LogP contribution in [0.5, 0.6) is 5.75 Å². The second-order valence-electron chi connectivity index (χ2n) is 13.8. The number of nitrogens with zero attached hydrogens (tertiary/aromatic N) is 3. The van der Waals surface area contributed by atoms with Gasteiger partial charge in [0.2, 0.25) is 5.92 Å². The molecule has 1 aliphatic heterocycles. The van der Waals surface area contributed by atoms with Crippen LogP contribution in [-0.2, 0) is 20.8 Å². The van der Waals surface area contributed by atoms with Crippen LogP contribution in [0.2, 0.25) is 0 Å². The predicted octanol–water partition coefficient (Wildman–Crippen LogP) is 7.81. The van der Waals surface area contributed by atoms with Crippen molar-refractivity contribution in [3.63, 3.8) is 0 Å². The number of carbonyl (C=O) groups is 3. The molecule has 2 aliphatic rings. The van der Waals surface area contributed by atoms with Crippen LogP contribution in [0.1, 0.15) is 82.3 Å². The van der Waals surface area contributed by atoms with Crippen molar-refractivity contribution < 1.29 is 53.3 Å². The lowest BCUT2D eigenvalue weighted by Gasteiger charge is -2.55. The van der Waals surface area contributed by atoms with E-state index in [1.165, 1.54) is 41.0 Å². The number of rotatable bonds is 6. The van der Waals surface area contributed by atoms with E-state index in [0.717, 1.165) is 20.2 Å². The molecule has 1 amide bonds. The number of halogens is 5. The summed E-state index contributed by atoms with van der Waals surface area (Å²) in [4.78, 5) is 40.0. The van der Waals surface area contributed by atoms with E-state index in [-0.39, 0.29) is 52.9 Å². The molecule has 2 aromatic carbocycles. The number of fused-ring (bicyclic) bond motifs is 1. The third-order valence-corrected chi connectivity index (χ3v) is 9.06. The highest BCUT2D eigenvalue weighted by molar-refractivity contribution is 5.99. The number of aryl methyl sites for hydroxylation is 1. The average molecular weight is 696 g/mol. The van der Waals surface area contributed by atoms with Crippen molar-refractivity contribution in [1.82, 2.24) is 9.47 Å². The lowest BCUT2D eigenvalue weighted by Crippen LogP contribution is -2.53. The zero-order valence-corrected chi connectivity index (χ0v) is 28.3. The number of hydrogen-bond acceptors (Lipinski definition) is 7. The Morgan fingerprint density at radius 2 is 1.76 bits per heavy atom. The molecule has 14 heteroatoms. The van der Waals surface area contributed by atoms with Gasteiger partial charge in [0.25, 0.3) is 0 Å². The normalized spacial score (nSPS) is 19.9. The van der Waals surface area contributed by atoms with Gasteiger partial charge in [0.15, 0.2) is 0 Å². The van der Waals surface area contributed by atoms with Gasteiger partial charge in [0, 0.05) is 58.0 Å². The number of benzene rings is 2. The molecule has 5 rings (SSSR count). The molecular formula is C35H40F5N3O6. The predicted molar refractivity (Wildman–Crippen MR) is 171 cm³/mol. The van der Waals surface area contributed by atoms with Crippen LogP contribution in [0.4, 0.5) is 32.4 Å². The van der Waals surface area contributed by atoms with Crippen LogP contribution in [0.25, 0.3) is 10.9 Å². The standard InChI is InChI=1S/C35H40F5N3O6/c1-20-14-27(47-6)24(22-10-12-43(28(20)22)31(46)49-32(2,3)4)17-42-13-11-33(18-34(36,37)19-33)16-26(42)23-9-8-21(29(44)48-7)15-25(23)41(5)30(45)35(38,39)40/h8-10,12,14-15,26H,11,13,16-19H2,1-7H3/i17D2. The molecule has 9 nitrogen and oxygen atoms in total. The van der Waals surface area contributed by atoms with Gasteiger partial charge in [-0.2, -0.15) is 13.2 Å². The highest BCUT2D eigenvalue weighted by Crippen LogP contribution is 2.61. The molecule has 1 aromatic heterocycles. The first-order valence-corrected chi connectivity index (χ1v) is 15.6. The summed E-state index contributed by atoms with van der Waals surface area (Å²) >= 11 is 0. The molecule has 1 aliphatic carbocycles. The minimum Gasteiger partial charge on any atom is -0.496 e. The number of carbonyl (C=O) groups excluding carboxylic acids is 3. The van der Waals surface area contributed by atoms with E-state index < -0.39 is 66.5 Å². The number of anilines is 1. The van der Waals surface area contributed by atoms with Crippen LogP contribution in [-0.4, -0.2) is 72.9 Å². The number of aromatic nitrogens is 1. The smallest absolute Gasteiger partial charge is 0.471 e. The van der Waals surface area contributed by atoms with Crippen molar-refractivity contribution in [2.45, 2.75) is 83.6 Å². The van der Waals surface area contributed by atoms with Gasteiger partial charge in [0.1, 0.15) is 11.4 Å². The van der Waals surface area contributed by atoms with Gasteiger partial charge in [0.05, 0.1) is 25.3 Å². The summed E-state index contributed by atoms with van der Waals surface area (Å²) in [5.74, 6) is -6.02. The Kier molecular flexibility index (Phi) is 8.56. The Morgan fingerprint density at radius 1 is 1.08 bits per heavy atom. The Labute approximate surface area is 283 Å². The zero-order valence-electron chi connectivity index (χ0n) is 30.3. The highest BCUT2D eigenvalue weighted by atomic mass is 19.4. The van der Waals surface area contributed by atoms with Gasteiger partial charge in [-0.25, -0.2) is 18.4 Å². The van der Waals surface area contributed by atoms with Crippen molar-refractivity contribution in [2.24, 2.45) is 5.41 Å². The van der Waals surface area contributed by atoms with E-state index in [1.54, 1.807) is 33.8 Å². The minimum atomic E-state index is -5.31. The van der Waals surface area contributed by atoms with Gasteiger partial charge in [-0.05, 0) is 87.9 Å². The summed E-state index contributed by atoms with van der Waals surface area (Å²) in [7, 11) is 3.28. The molecule has 1 unspecified atom stereocenters. The lowest BCUT2D eigenvalue weighted by molar-refractivity contribution is -0.186. The van der Waals surface area contributed by atoms with Gasteiger partial charge >= 0.3 is 24.1 Å². The molecule has 2 heterocycles. The lowest BCUT2D eigenvalue weighted by atomic mass is 9.58. The number of methoxy groups -OCH3 is 2. The molecule has 1 saturated carbocycles. The topological polar surface area (TPSA) is 90.3 Å². The number of amides is 1. The fraction of sp³-hybridized carbons (Fsp3) is 0.514. The number of esters is 1. The summed E-state index contributed by atoms with van der Waals surface area (Å²) in [5, 5.41) is 0.280. The quantitative estimate of drug-likeness (QED) is 0.192. The monoisotopic (exact) mass is 695 g/mol. The summed E-state index contributed by atoms with van der Waals surface area (Å²) < 4.78 is 107.